The van der Waals surface area contributed by atoms with Crippen molar-refractivity contribution >= 4 is 17.2 Å². The predicted molar refractivity (Wildman–Crippen MR) is 70.9 cm³/mol. The number of nitrogens with one attached hydrogen (secondary N) is 1. The summed E-state index contributed by atoms with van der Waals surface area (Å²) in [6, 6.07) is 11.8. The molecular weight excluding hydrogens is 226 g/mol. The van der Waals surface area contributed by atoms with E-state index in [4.69, 9.17) is 5.21 Å². The van der Waals surface area contributed by atoms with E-state index in [1.807, 2.05) is 42.7 Å². The molecule has 18 heavy (non-hydrogen) atoms. The molecule has 0 amide bonds. The fourth-order valence-corrected chi connectivity index (χ4v) is 1.93. The maximum Gasteiger partial charge on any atom is 0.137 e. The molecule has 0 aliphatic carbocycles. The molecule has 0 unspecified atom stereocenters. The summed E-state index contributed by atoms with van der Waals surface area (Å²) in [6.45, 7) is 0. The minimum atomic E-state index is 0.858. The molecule has 2 heterocycles. The zero-order chi connectivity index (χ0) is 12.4. The third-order valence-corrected chi connectivity index (χ3v) is 2.85. The largest absolute Gasteiger partial charge is 0.411 e. The first-order valence-electron chi connectivity index (χ1n) is 5.58. The SMILES string of the molecule is O/N=C/c1ccc(-c2cnc3[nH]ccc3c2)cc1. The van der Waals surface area contributed by atoms with Crippen LogP contribution in [0.15, 0.2) is 53.9 Å². The number of rotatable bonds is 2. The smallest absolute Gasteiger partial charge is 0.137 e. The van der Waals surface area contributed by atoms with Crippen molar-refractivity contribution in [2.75, 3.05) is 0 Å². The van der Waals surface area contributed by atoms with Crippen LogP contribution in [0.1, 0.15) is 5.56 Å². The van der Waals surface area contributed by atoms with Crippen LogP contribution >= 0.6 is 0 Å². The van der Waals surface area contributed by atoms with Crippen molar-refractivity contribution in [3.8, 4) is 11.1 Å². The summed E-state index contributed by atoms with van der Waals surface area (Å²) in [6.07, 6.45) is 5.12. The van der Waals surface area contributed by atoms with Gasteiger partial charge in [-0.05, 0) is 23.3 Å². The van der Waals surface area contributed by atoms with Gasteiger partial charge in [0, 0.05) is 23.3 Å². The van der Waals surface area contributed by atoms with Crippen molar-refractivity contribution in [2.24, 2.45) is 5.16 Å². The third-order valence-electron chi connectivity index (χ3n) is 2.85. The van der Waals surface area contributed by atoms with Gasteiger partial charge in [-0.15, -0.1) is 0 Å². The van der Waals surface area contributed by atoms with E-state index in [2.05, 4.69) is 21.2 Å². The molecule has 0 atom stereocenters. The molecule has 2 aromatic heterocycles. The predicted octanol–water partition coefficient (Wildman–Crippen LogP) is 3.04. The number of oxime groups is 1. The zero-order valence-corrected chi connectivity index (χ0v) is 9.54. The molecule has 4 nitrogen and oxygen atoms in total. The topological polar surface area (TPSA) is 61.3 Å². The average molecular weight is 237 g/mol. The lowest BCUT2D eigenvalue weighted by Gasteiger charge is -2.02. The van der Waals surface area contributed by atoms with Gasteiger partial charge in [-0.1, -0.05) is 29.4 Å². The Morgan fingerprint density at radius 3 is 2.72 bits per heavy atom. The average Bonchev–Trinajstić information content (AvgIpc) is 2.87. The fraction of sp³-hybridized carbons (Fsp3) is 0. The van der Waals surface area contributed by atoms with Crippen LogP contribution in [0, 0.1) is 0 Å². The Kier molecular flexibility index (Phi) is 2.53. The Hall–Kier alpha value is -2.62. The first-order chi connectivity index (χ1) is 8.86. The molecule has 2 N–H and O–H groups in total. The van der Waals surface area contributed by atoms with Crippen LogP contribution in [0.5, 0.6) is 0 Å². The highest BCUT2D eigenvalue weighted by molar-refractivity contribution is 5.83. The number of hydrogen-bond acceptors (Lipinski definition) is 3. The Labute approximate surface area is 104 Å². The first-order valence-corrected chi connectivity index (χ1v) is 5.58. The summed E-state index contributed by atoms with van der Waals surface area (Å²) in [4.78, 5) is 7.42. The zero-order valence-electron chi connectivity index (χ0n) is 9.54. The van der Waals surface area contributed by atoms with E-state index in [9.17, 15) is 0 Å². The number of pyridine rings is 1. The molecule has 0 saturated carbocycles. The number of benzene rings is 1. The normalized spacial score (nSPS) is 11.3. The highest BCUT2D eigenvalue weighted by Gasteiger charge is 2.01. The van der Waals surface area contributed by atoms with Gasteiger partial charge in [-0.3, -0.25) is 0 Å². The summed E-state index contributed by atoms with van der Waals surface area (Å²) < 4.78 is 0. The van der Waals surface area contributed by atoms with E-state index in [0.29, 0.717) is 0 Å². The monoisotopic (exact) mass is 237 g/mol. The van der Waals surface area contributed by atoms with E-state index in [1.54, 1.807) is 0 Å². The Balaban J connectivity index is 2.02. The van der Waals surface area contributed by atoms with Crippen molar-refractivity contribution in [2.45, 2.75) is 0 Å². The van der Waals surface area contributed by atoms with Crippen LogP contribution in [-0.4, -0.2) is 21.4 Å². The van der Waals surface area contributed by atoms with Gasteiger partial charge in [-0.25, -0.2) is 4.98 Å². The maximum absolute atomic E-state index is 8.46. The lowest BCUT2D eigenvalue weighted by Crippen LogP contribution is -1.84. The first kappa shape index (κ1) is 10.5. The standard InChI is InChI=1S/C14H11N3O/c18-17-8-10-1-3-11(4-2-10)13-7-12-5-6-15-14(12)16-9-13/h1-9,18H,(H,15,16)/b17-8+. The molecule has 0 fully saturated rings. The minimum absolute atomic E-state index is 0.858. The van der Waals surface area contributed by atoms with Gasteiger partial charge in [0.1, 0.15) is 5.65 Å². The molecule has 0 aliphatic heterocycles. The lowest BCUT2D eigenvalue weighted by atomic mass is 10.1. The van der Waals surface area contributed by atoms with Crippen LogP contribution in [0.2, 0.25) is 0 Å². The molecule has 4 heteroatoms. The molecule has 0 bridgehead atoms. The summed E-state index contributed by atoms with van der Waals surface area (Å²) >= 11 is 0. The fourth-order valence-electron chi connectivity index (χ4n) is 1.93. The second-order valence-electron chi connectivity index (χ2n) is 4.01. The van der Waals surface area contributed by atoms with E-state index in [0.717, 1.165) is 27.7 Å². The summed E-state index contributed by atoms with van der Waals surface area (Å²) in [5, 5.41) is 12.5. The van der Waals surface area contributed by atoms with Gasteiger partial charge in [-0.2, -0.15) is 0 Å². The summed E-state index contributed by atoms with van der Waals surface area (Å²) in [7, 11) is 0. The van der Waals surface area contributed by atoms with Crippen LogP contribution in [0.25, 0.3) is 22.2 Å². The van der Waals surface area contributed by atoms with Gasteiger partial charge >= 0.3 is 0 Å². The van der Waals surface area contributed by atoms with Crippen molar-refractivity contribution < 1.29 is 5.21 Å². The Morgan fingerprint density at radius 1 is 1.11 bits per heavy atom. The summed E-state index contributed by atoms with van der Waals surface area (Å²) in [5.41, 5.74) is 3.90. The van der Waals surface area contributed by atoms with Gasteiger partial charge < -0.3 is 10.2 Å². The number of fused-ring (bicyclic) bond motifs is 1. The van der Waals surface area contributed by atoms with Crippen molar-refractivity contribution in [1.29, 1.82) is 0 Å². The van der Waals surface area contributed by atoms with Crippen LogP contribution in [0.3, 0.4) is 0 Å². The Morgan fingerprint density at radius 2 is 1.94 bits per heavy atom. The molecule has 1 aromatic carbocycles. The lowest BCUT2D eigenvalue weighted by molar-refractivity contribution is 0.322. The summed E-state index contributed by atoms with van der Waals surface area (Å²) in [5.74, 6) is 0. The molecule has 0 aliphatic rings. The van der Waals surface area contributed by atoms with Crippen LogP contribution in [0.4, 0.5) is 0 Å². The highest BCUT2D eigenvalue weighted by Crippen LogP contribution is 2.22. The number of aromatic nitrogens is 2. The number of H-pyrrole nitrogens is 1. The van der Waals surface area contributed by atoms with Crippen LogP contribution in [-0.2, 0) is 0 Å². The Bertz CT molecular complexity index is 698. The molecular formula is C14H11N3O. The number of hydrogen-bond donors (Lipinski definition) is 2. The molecule has 0 saturated heterocycles. The van der Waals surface area contributed by atoms with E-state index in [1.165, 1.54) is 6.21 Å². The van der Waals surface area contributed by atoms with Gasteiger partial charge in [0.05, 0.1) is 6.21 Å². The second kappa shape index (κ2) is 4.33. The van der Waals surface area contributed by atoms with E-state index in [-0.39, 0.29) is 0 Å². The molecule has 3 rings (SSSR count). The number of aromatic amines is 1. The second-order valence-corrected chi connectivity index (χ2v) is 4.01. The van der Waals surface area contributed by atoms with Crippen molar-refractivity contribution in [1.82, 2.24) is 9.97 Å². The van der Waals surface area contributed by atoms with Crippen molar-refractivity contribution in [3.63, 3.8) is 0 Å². The highest BCUT2D eigenvalue weighted by atomic mass is 16.4. The van der Waals surface area contributed by atoms with Gasteiger partial charge in [0.2, 0.25) is 0 Å². The third kappa shape index (κ3) is 1.84. The molecule has 0 radical (unpaired) electrons. The van der Waals surface area contributed by atoms with E-state index < -0.39 is 0 Å². The quantitative estimate of drug-likeness (QED) is 0.409. The number of nitrogens with zero attached hydrogens (tertiary/aromatic N) is 2. The maximum atomic E-state index is 8.46. The van der Waals surface area contributed by atoms with E-state index >= 15 is 0 Å². The van der Waals surface area contributed by atoms with Gasteiger partial charge in [0.15, 0.2) is 0 Å². The van der Waals surface area contributed by atoms with Crippen molar-refractivity contribution in [3.05, 3.63) is 54.4 Å². The molecule has 3 aromatic rings. The molecule has 0 spiro atoms. The minimum Gasteiger partial charge on any atom is -0.411 e. The molecule has 88 valence electrons. The van der Waals surface area contributed by atoms with Gasteiger partial charge in [0.25, 0.3) is 0 Å². The van der Waals surface area contributed by atoms with Crippen LogP contribution < -0.4 is 0 Å².